The zero-order chi connectivity index (χ0) is 19.1. The van der Waals surface area contributed by atoms with Crippen LogP contribution in [0.1, 0.15) is 65.2 Å². The molecule has 3 atom stereocenters. The largest absolute Gasteiger partial charge is 0.481 e. The van der Waals surface area contributed by atoms with Crippen LogP contribution in [0.15, 0.2) is 24.3 Å². The molecule has 0 spiro atoms. The number of carbonyl (C=O) groups excluding carboxylic acids is 2. The normalized spacial score (nSPS) is 15.3. The van der Waals surface area contributed by atoms with E-state index < -0.39 is 23.9 Å². The van der Waals surface area contributed by atoms with Gasteiger partial charge in [-0.2, -0.15) is 0 Å². The lowest BCUT2D eigenvalue weighted by atomic mass is 9.85. The number of unbranched alkanes of at least 4 members (excludes halogenated alkanes) is 3. The van der Waals surface area contributed by atoms with Crippen molar-refractivity contribution >= 4 is 18.0 Å². The van der Waals surface area contributed by atoms with Gasteiger partial charge in [-0.15, -0.1) is 0 Å². The first-order valence-corrected chi connectivity index (χ1v) is 9.11. The molecule has 0 saturated heterocycles. The molecule has 0 unspecified atom stereocenters. The highest BCUT2D eigenvalue weighted by Gasteiger charge is 2.23. The van der Waals surface area contributed by atoms with Gasteiger partial charge < -0.3 is 15.0 Å². The number of hydrogen-bond donors (Lipinski definition) is 2. The van der Waals surface area contributed by atoms with Crippen molar-refractivity contribution < 1.29 is 24.6 Å². The average Bonchev–Trinajstić information content (AvgIpc) is 2.55. The molecule has 142 valence electrons. The van der Waals surface area contributed by atoms with Gasteiger partial charge in [0.2, 0.25) is 0 Å². The second-order valence-electron chi connectivity index (χ2n) is 6.38. The molecule has 0 aromatic heterocycles. The van der Waals surface area contributed by atoms with Gasteiger partial charge in [0, 0.05) is 18.3 Å². The van der Waals surface area contributed by atoms with Gasteiger partial charge in [-0.1, -0.05) is 44.1 Å². The van der Waals surface area contributed by atoms with Crippen molar-refractivity contribution in [3.05, 3.63) is 24.3 Å². The SMILES string of the molecule is CCCCC/C=C\C[C@@H](O)/C=C/[C@H](C(C)=O)[C@H](C=O)CCCC(=O)O. The maximum Gasteiger partial charge on any atom is 0.303 e. The minimum atomic E-state index is -0.916. The Morgan fingerprint density at radius 1 is 1.08 bits per heavy atom. The van der Waals surface area contributed by atoms with Gasteiger partial charge >= 0.3 is 5.97 Å². The lowest BCUT2D eigenvalue weighted by molar-refractivity contribution is -0.137. The number of rotatable bonds is 15. The predicted octanol–water partition coefficient (Wildman–Crippen LogP) is 3.71. The first kappa shape index (κ1) is 23.2. The molecule has 2 N–H and O–H groups in total. The third kappa shape index (κ3) is 12.3. The summed E-state index contributed by atoms with van der Waals surface area (Å²) in [7, 11) is 0. The molecule has 0 amide bonds. The molecular formula is C20H32O5. The first-order chi connectivity index (χ1) is 11.9. The summed E-state index contributed by atoms with van der Waals surface area (Å²) in [6.07, 6.45) is 12.8. The van der Waals surface area contributed by atoms with Crippen LogP contribution >= 0.6 is 0 Å². The third-order valence-corrected chi connectivity index (χ3v) is 4.09. The topological polar surface area (TPSA) is 91.7 Å². The Bertz CT molecular complexity index is 453. The number of Topliss-reactive ketones (excluding diaryl/α,β-unsaturated/α-hetero) is 1. The number of ketones is 1. The first-order valence-electron chi connectivity index (χ1n) is 9.11. The standard InChI is InChI=1S/C20H32O5/c1-3-4-5-6-7-8-11-18(23)13-14-19(16(2)22)17(15-21)10-9-12-20(24)25/h7-8,13-15,17-19,23H,3-6,9-12H2,1-2H3,(H,24,25)/b8-7-,14-13+/t17-,18+,19+/m0/s1. The molecule has 0 radical (unpaired) electrons. The Kier molecular flexibility index (Phi) is 13.6. The van der Waals surface area contributed by atoms with Crippen LogP contribution < -0.4 is 0 Å². The van der Waals surface area contributed by atoms with E-state index in [9.17, 15) is 19.5 Å². The van der Waals surface area contributed by atoms with Gasteiger partial charge in [0.25, 0.3) is 0 Å². The number of carboxylic acids is 1. The number of aldehydes is 1. The van der Waals surface area contributed by atoms with Crippen molar-refractivity contribution in [3.63, 3.8) is 0 Å². The molecule has 0 aromatic rings. The molecule has 0 bridgehead atoms. The van der Waals surface area contributed by atoms with Gasteiger partial charge in [-0.05, 0) is 39.0 Å². The molecule has 0 aromatic carbocycles. The van der Waals surface area contributed by atoms with Crippen molar-refractivity contribution in [1.82, 2.24) is 0 Å². The van der Waals surface area contributed by atoms with Crippen LogP contribution in [-0.4, -0.2) is 34.4 Å². The van der Waals surface area contributed by atoms with Crippen LogP contribution in [0.25, 0.3) is 0 Å². The average molecular weight is 352 g/mol. The van der Waals surface area contributed by atoms with E-state index in [-0.39, 0.29) is 12.2 Å². The van der Waals surface area contributed by atoms with Crippen molar-refractivity contribution in [2.45, 2.75) is 71.3 Å². The third-order valence-electron chi connectivity index (χ3n) is 4.09. The molecule has 0 heterocycles. The van der Waals surface area contributed by atoms with E-state index in [4.69, 9.17) is 5.11 Å². The molecule has 0 aliphatic heterocycles. The highest BCUT2D eigenvalue weighted by molar-refractivity contribution is 5.83. The summed E-state index contributed by atoms with van der Waals surface area (Å²) >= 11 is 0. The summed E-state index contributed by atoms with van der Waals surface area (Å²) in [5.41, 5.74) is 0. The van der Waals surface area contributed by atoms with Gasteiger partial charge in [0.05, 0.1) is 6.10 Å². The van der Waals surface area contributed by atoms with Crippen LogP contribution in [0.2, 0.25) is 0 Å². The number of aliphatic hydroxyl groups is 1. The van der Waals surface area contributed by atoms with E-state index in [0.717, 1.165) is 12.8 Å². The minimum absolute atomic E-state index is 0.0237. The number of carbonyl (C=O) groups is 3. The van der Waals surface area contributed by atoms with Crippen LogP contribution in [-0.2, 0) is 14.4 Å². The van der Waals surface area contributed by atoms with Gasteiger partial charge in [0.1, 0.15) is 12.1 Å². The fourth-order valence-electron chi connectivity index (χ4n) is 2.59. The fourth-order valence-corrected chi connectivity index (χ4v) is 2.59. The van der Waals surface area contributed by atoms with Gasteiger partial charge in [0.15, 0.2) is 0 Å². The second-order valence-corrected chi connectivity index (χ2v) is 6.38. The molecule has 5 heteroatoms. The molecule has 25 heavy (non-hydrogen) atoms. The molecule has 5 nitrogen and oxygen atoms in total. The van der Waals surface area contributed by atoms with Crippen LogP contribution in [0.4, 0.5) is 0 Å². The van der Waals surface area contributed by atoms with Crippen molar-refractivity contribution in [2.24, 2.45) is 11.8 Å². The van der Waals surface area contributed by atoms with Crippen LogP contribution in [0, 0.1) is 11.8 Å². The highest BCUT2D eigenvalue weighted by atomic mass is 16.4. The van der Waals surface area contributed by atoms with Crippen molar-refractivity contribution in [1.29, 1.82) is 0 Å². The van der Waals surface area contributed by atoms with Crippen molar-refractivity contribution in [2.75, 3.05) is 0 Å². The monoisotopic (exact) mass is 352 g/mol. The lowest BCUT2D eigenvalue weighted by Gasteiger charge is -2.17. The minimum Gasteiger partial charge on any atom is -0.481 e. The molecule has 0 rings (SSSR count). The Morgan fingerprint density at radius 3 is 2.36 bits per heavy atom. The van der Waals surface area contributed by atoms with E-state index in [1.165, 1.54) is 19.8 Å². The van der Waals surface area contributed by atoms with Crippen LogP contribution in [0.3, 0.4) is 0 Å². The molecular weight excluding hydrogens is 320 g/mol. The molecule has 0 aliphatic carbocycles. The van der Waals surface area contributed by atoms with Crippen molar-refractivity contribution in [3.8, 4) is 0 Å². The number of carboxylic acid groups (broad SMARTS) is 1. The summed E-state index contributed by atoms with van der Waals surface area (Å²) in [4.78, 5) is 33.6. The van der Waals surface area contributed by atoms with Gasteiger partial charge in [-0.3, -0.25) is 9.59 Å². The molecule has 0 fully saturated rings. The zero-order valence-electron chi connectivity index (χ0n) is 15.4. The summed E-state index contributed by atoms with van der Waals surface area (Å²) < 4.78 is 0. The lowest BCUT2D eigenvalue weighted by Crippen LogP contribution is -2.22. The molecule has 0 aliphatic rings. The van der Waals surface area contributed by atoms with E-state index in [1.54, 1.807) is 12.2 Å². The van der Waals surface area contributed by atoms with Gasteiger partial charge in [-0.25, -0.2) is 0 Å². The Balaban J connectivity index is 4.50. The number of hydrogen-bond acceptors (Lipinski definition) is 4. The summed E-state index contributed by atoms with van der Waals surface area (Å²) in [5, 5.41) is 18.6. The Morgan fingerprint density at radius 2 is 1.80 bits per heavy atom. The highest BCUT2D eigenvalue weighted by Crippen LogP contribution is 2.20. The molecule has 0 saturated carbocycles. The van der Waals surface area contributed by atoms with E-state index in [2.05, 4.69) is 13.0 Å². The smallest absolute Gasteiger partial charge is 0.303 e. The summed E-state index contributed by atoms with van der Waals surface area (Å²) in [5.74, 6) is -2.24. The Labute approximate surface area is 150 Å². The number of aliphatic hydroxyl groups excluding tert-OH is 1. The summed E-state index contributed by atoms with van der Waals surface area (Å²) in [6.45, 7) is 3.56. The number of allylic oxidation sites excluding steroid dienone is 2. The zero-order valence-corrected chi connectivity index (χ0v) is 15.4. The van der Waals surface area contributed by atoms with E-state index >= 15 is 0 Å². The Hall–Kier alpha value is -1.75. The number of aliphatic carboxylic acids is 1. The maximum absolute atomic E-state index is 11.8. The quantitative estimate of drug-likeness (QED) is 0.266. The maximum atomic E-state index is 11.8. The predicted molar refractivity (Wildman–Crippen MR) is 98.3 cm³/mol. The van der Waals surface area contributed by atoms with E-state index in [0.29, 0.717) is 25.5 Å². The fraction of sp³-hybridized carbons (Fsp3) is 0.650. The van der Waals surface area contributed by atoms with Crippen LogP contribution in [0.5, 0.6) is 0 Å². The second kappa shape index (κ2) is 14.6. The van der Waals surface area contributed by atoms with E-state index in [1.807, 2.05) is 6.08 Å². The summed E-state index contributed by atoms with van der Waals surface area (Å²) in [6, 6.07) is 0.